The van der Waals surface area contributed by atoms with Crippen molar-refractivity contribution in [1.29, 1.82) is 0 Å². The fraction of sp³-hybridized carbons (Fsp3) is 0.333. The Balaban J connectivity index is 1.61. The van der Waals surface area contributed by atoms with E-state index in [0.717, 1.165) is 42.7 Å². The highest BCUT2D eigenvalue weighted by Crippen LogP contribution is 2.26. The number of nitrogens with one attached hydrogen (secondary N) is 1. The van der Waals surface area contributed by atoms with Crippen LogP contribution in [-0.2, 0) is 13.6 Å². The van der Waals surface area contributed by atoms with Gasteiger partial charge in [0.2, 0.25) is 5.82 Å². The minimum absolute atomic E-state index is 0.139. The van der Waals surface area contributed by atoms with Gasteiger partial charge in [-0.2, -0.15) is 5.10 Å². The number of aryl methyl sites for hydroxylation is 1. The van der Waals surface area contributed by atoms with Gasteiger partial charge in [-0.1, -0.05) is 23.7 Å². The summed E-state index contributed by atoms with van der Waals surface area (Å²) in [7, 11) is 1.84. The van der Waals surface area contributed by atoms with Crippen molar-refractivity contribution in [1.82, 2.24) is 25.1 Å². The van der Waals surface area contributed by atoms with Crippen molar-refractivity contribution in [2.24, 2.45) is 7.05 Å². The summed E-state index contributed by atoms with van der Waals surface area (Å²) in [6.45, 7) is 2.23. The number of hydrogen-bond acceptors (Lipinski definition) is 5. The molecule has 3 aromatic rings. The maximum absolute atomic E-state index is 12.6. The summed E-state index contributed by atoms with van der Waals surface area (Å²) in [6.07, 6.45) is 4.15. The summed E-state index contributed by atoms with van der Waals surface area (Å²) in [6, 6.07) is 7.38. The maximum atomic E-state index is 12.6. The smallest absolute Gasteiger partial charge is 0.289 e. The van der Waals surface area contributed by atoms with E-state index in [1.54, 1.807) is 10.7 Å². The first kappa shape index (κ1) is 16.8. The van der Waals surface area contributed by atoms with Crippen LogP contribution in [0.3, 0.4) is 0 Å². The summed E-state index contributed by atoms with van der Waals surface area (Å²) in [5.41, 5.74) is 1.46. The Morgan fingerprint density at radius 1 is 1.27 bits per heavy atom. The van der Waals surface area contributed by atoms with Gasteiger partial charge in [0.05, 0.1) is 5.39 Å². The fourth-order valence-corrected chi connectivity index (χ4v) is 3.40. The molecule has 26 heavy (non-hydrogen) atoms. The molecule has 1 fully saturated rings. The Morgan fingerprint density at radius 3 is 2.85 bits per heavy atom. The van der Waals surface area contributed by atoms with Crippen LogP contribution in [0.4, 0.5) is 5.82 Å². The van der Waals surface area contributed by atoms with Crippen molar-refractivity contribution in [2.45, 2.75) is 19.4 Å². The number of anilines is 1. The van der Waals surface area contributed by atoms with Crippen LogP contribution in [0.2, 0.25) is 5.02 Å². The lowest BCUT2D eigenvalue weighted by atomic mass is 10.2. The number of fused-ring (bicyclic) bond motifs is 1. The van der Waals surface area contributed by atoms with Crippen LogP contribution < -0.4 is 10.2 Å². The molecule has 0 radical (unpaired) electrons. The van der Waals surface area contributed by atoms with Crippen LogP contribution in [0, 0.1) is 0 Å². The topological polar surface area (TPSA) is 75.9 Å². The summed E-state index contributed by atoms with van der Waals surface area (Å²) in [5, 5.41) is 8.73. The Kier molecular flexibility index (Phi) is 4.46. The fourth-order valence-electron chi connectivity index (χ4n) is 3.18. The third-order valence-corrected chi connectivity index (χ3v) is 4.66. The van der Waals surface area contributed by atoms with Gasteiger partial charge in [0.25, 0.3) is 5.91 Å². The molecule has 1 aliphatic rings. The lowest BCUT2D eigenvalue weighted by Gasteiger charge is -2.17. The lowest BCUT2D eigenvalue weighted by molar-refractivity contribution is 0.0941. The van der Waals surface area contributed by atoms with Gasteiger partial charge in [-0.15, -0.1) is 0 Å². The first-order valence-electron chi connectivity index (χ1n) is 8.59. The first-order chi connectivity index (χ1) is 12.6. The van der Waals surface area contributed by atoms with Crippen molar-refractivity contribution < 1.29 is 4.79 Å². The number of nitrogens with zero attached hydrogens (tertiary/aromatic N) is 5. The average molecular weight is 371 g/mol. The highest BCUT2D eigenvalue weighted by molar-refractivity contribution is 6.30. The zero-order valence-electron chi connectivity index (χ0n) is 14.4. The largest absolute Gasteiger partial charge is 0.356 e. The molecule has 134 valence electrons. The molecule has 0 unspecified atom stereocenters. The minimum atomic E-state index is -0.321. The molecule has 1 N–H and O–H groups in total. The van der Waals surface area contributed by atoms with Crippen LogP contribution in [0.5, 0.6) is 0 Å². The van der Waals surface area contributed by atoms with Gasteiger partial charge >= 0.3 is 0 Å². The predicted molar refractivity (Wildman–Crippen MR) is 100 cm³/mol. The van der Waals surface area contributed by atoms with E-state index in [1.165, 1.54) is 0 Å². The Hall–Kier alpha value is -2.67. The van der Waals surface area contributed by atoms with Crippen LogP contribution in [-0.4, -0.2) is 38.7 Å². The standard InChI is InChI=1S/C18H19ClN6O/c1-24-11-14-15(23-24)21-16(22-17(14)25-7-2-3-8-25)18(26)20-10-12-5-4-6-13(19)9-12/h4-6,9,11H,2-3,7-8,10H2,1H3,(H,20,26). The molecule has 1 aromatic carbocycles. The third-order valence-electron chi connectivity index (χ3n) is 4.42. The highest BCUT2D eigenvalue weighted by Gasteiger charge is 2.22. The van der Waals surface area contributed by atoms with Gasteiger partial charge < -0.3 is 10.2 Å². The van der Waals surface area contributed by atoms with Gasteiger partial charge in [0, 0.05) is 37.9 Å². The Morgan fingerprint density at radius 2 is 2.08 bits per heavy atom. The Labute approximate surface area is 156 Å². The van der Waals surface area contributed by atoms with E-state index in [0.29, 0.717) is 17.2 Å². The SMILES string of the molecule is Cn1cc2c(N3CCCC3)nc(C(=O)NCc3cccc(Cl)c3)nc2n1. The number of hydrogen-bond donors (Lipinski definition) is 1. The van der Waals surface area contributed by atoms with Crippen molar-refractivity contribution in [3.8, 4) is 0 Å². The number of aromatic nitrogens is 4. The molecular formula is C18H19ClN6O. The van der Waals surface area contributed by atoms with Gasteiger partial charge in [-0.05, 0) is 30.5 Å². The zero-order valence-corrected chi connectivity index (χ0v) is 15.2. The predicted octanol–water partition coefficient (Wildman–Crippen LogP) is 2.55. The molecule has 0 aliphatic carbocycles. The van der Waals surface area contributed by atoms with Crippen LogP contribution in [0.15, 0.2) is 30.5 Å². The molecule has 0 atom stereocenters. The number of carbonyl (C=O) groups is 1. The van der Waals surface area contributed by atoms with Crippen LogP contribution in [0.25, 0.3) is 11.0 Å². The average Bonchev–Trinajstić information content (AvgIpc) is 3.27. The van der Waals surface area contributed by atoms with Gasteiger partial charge in [-0.3, -0.25) is 9.48 Å². The second kappa shape index (κ2) is 6.92. The second-order valence-electron chi connectivity index (χ2n) is 6.42. The lowest BCUT2D eigenvalue weighted by Crippen LogP contribution is -2.27. The zero-order chi connectivity index (χ0) is 18.1. The van der Waals surface area contributed by atoms with E-state index in [1.807, 2.05) is 31.4 Å². The highest BCUT2D eigenvalue weighted by atomic mass is 35.5. The van der Waals surface area contributed by atoms with Crippen molar-refractivity contribution in [2.75, 3.05) is 18.0 Å². The second-order valence-corrected chi connectivity index (χ2v) is 6.85. The monoisotopic (exact) mass is 370 g/mol. The van der Waals surface area contributed by atoms with Gasteiger partial charge in [0.15, 0.2) is 5.65 Å². The van der Waals surface area contributed by atoms with E-state index in [4.69, 9.17) is 11.6 Å². The number of carbonyl (C=O) groups excluding carboxylic acids is 1. The molecule has 1 saturated heterocycles. The molecule has 1 aliphatic heterocycles. The summed E-state index contributed by atoms with van der Waals surface area (Å²) in [4.78, 5) is 23.7. The van der Waals surface area contributed by atoms with Gasteiger partial charge in [0.1, 0.15) is 5.82 Å². The summed E-state index contributed by atoms with van der Waals surface area (Å²) >= 11 is 5.98. The molecule has 2 aromatic heterocycles. The van der Waals surface area contributed by atoms with E-state index >= 15 is 0 Å². The molecule has 7 nitrogen and oxygen atoms in total. The Bertz CT molecular complexity index is 963. The molecule has 0 spiro atoms. The molecular weight excluding hydrogens is 352 g/mol. The minimum Gasteiger partial charge on any atom is -0.356 e. The quantitative estimate of drug-likeness (QED) is 0.763. The van der Waals surface area contributed by atoms with Crippen molar-refractivity contribution in [3.05, 3.63) is 46.9 Å². The van der Waals surface area contributed by atoms with Crippen LogP contribution in [0.1, 0.15) is 29.0 Å². The van der Waals surface area contributed by atoms with Gasteiger partial charge in [-0.25, -0.2) is 9.97 Å². The number of amides is 1. The molecule has 1 amide bonds. The van der Waals surface area contributed by atoms with Crippen LogP contribution >= 0.6 is 11.6 Å². The molecule has 8 heteroatoms. The summed E-state index contributed by atoms with van der Waals surface area (Å²) in [5.74, 6) is 0.603. The van der Waals surface area contributed by atoms with E-state index in [9.17, 15) is 4.79 Å². The molecule has 3 heterocycles. The number of benzene rings is 1. The molecule has 0 saturated carbocycles. The summed E-state index contributed by atoms with van der Waals surface area (Å²) < 4.78 is 1.70. The van der Waals surface area contributed by atoms with Crippen molar-refractivity contribution in [3.63, 3.8) is 0 Å². The third kappa shape index (κ3) is 3.35. The molecule has 4 rings (SSSR count). The molecule has 0 bridgehead atoms. The normalized spacial score (nSPS) is 14.2. The number of halogens is 1. The van der Waals surface area contributed by atoms with E-state index in [-0.39, 0.29) is 11.7 Å². The van der Waals surface area contributed by atoms with E-state index in [2.05, 4.69) is 25.3 Å². The maximum Gasteiger partial charge on any atom is 0.289 e. The first-order valence-corrected chi connectivity index (χ1v) is 8.97. The van der Waals surface area contributed by atoms with Crippen molar-refractivity contribution >= 4 is 34.4 Å². The number of rotatable bonds is 4. The van der Waals surface area contributed by atoms with E-state index < -0.39 is 0 Å².